The highest BCUT2D eigenvalue weighted by molar-refractivity contribution is 4.90. The van der Waals surface area contributed by atoms with Crippen molar-refractivity contribution in [2.24, 2.45) is 17.3 Å². The minimum absolute atomic E-state index is 0.688. The van der Waals surface area contributed by atoms with E-state index in [4.69, 9.17) is 0 Å². The summed E-state index contributed by atoms with van der Waals surface area (Å²) in [6.45, 7) is 5.01. The molecule has 2 aliphatic carbocycles. The standard InChI is InChI=1S/C16H30/c1-3-16(2)13-9-11-14-10-7-5-4-6-8-12-15(14)16/h14-15H,3-13H2,1-2H3. The average molecular weight is 222 g/mol. The quantitative estimate of drug-likeness (QED) is 0.544. The molecule has 2 rings (SSSR count). The summed E-state index contributed by atoms with van der Waals surface area (Å²) in [5.74, 6) is 2.14. The van der Waals surface area contributed by atoms with Crippen molar-refractivity contribution in [3.05, 3.63) is 0 Å². The second kappa shape index (κ2) is 5.56. The molecule has 0 heteroatoms. The molecule has 2 aliphatic rings. The van der Waals surface area contributed by atoms with Crippen molar-refractivity contribution in [1.29, 1.82) is 0 Å². The molecule has 0 radical (unpaired) electrons. The highest BCUT2D eigenvalue weighted by Gasteiger charge is 2.40. The van der Waals surface area contributed by atoms with E-state index in [1.54, 1.807) is 12.8 Å². The maximum absolute atomic E-state index is 2.59. The molecule has 0 aromatic carbocycles. The largest absolute Gasteiger partial charge is 0.0649 e. The monoisotopic (exact) mass is 222 g/mol. The Bertz CT molecular complexity index is 208. The molecule has 0 nitrogen and oxygen atoms in total. The zero-order valence-corrected chi connectivity index (χ0v) is 11.4. The highest BCUT2D eigenvalue weighted by atomic mass is 14.4. The Hall–Kier alpha value is 0. The molecule has 0 amide bonds. The minimum atomic E-state index is 0.688. The van der Waals surface area contributed by atoms with Crippen LogP contribution >= 0.6 is 0 Å². The van der Waals surface area contributed by atoms with Crippen molar-refractivity contribution in [2.75, 3.05) is 0 Å². The Morgan fingerprint density at radius 2 is 1.50 bits per heavy atom. The van der Waals surface area contributed by atoms with Crippen molar-refractivity contribution in [3.8, 4) is 0 Å². The van der Waals surface area contributed by atoms with Gasteiger partial charge < -0.3 is 0 Å². The first-order valence-corrected chi connectivity index (χ1v) is 7.76. The lowest BCUT2D eigenvalue weighted by molar-refractivity contribution is 0.0412. The predicted molar refractivity (Wildman–Crippen MR) is 71.5 cm³/mol. The molecule has 3 unspecified atom stereocenters. The maximum Gasteiger partial charge on any atom is -0.0298 e. The summed E-state index contributed by atoms with van der Waals surface area (Å²) < 4.78 is 0. The second-order valence-corrected chi connectivity index (χ2v) is 6.61. The second-order valence-electron chi connectivity index (χ2n) is 6.61. The van der Waals surface area contributed by atoms with Gasteiger partial charge in [-0.1, -0.05) is 71.6 Å². The third-order valence-corrected chi connectivity index (χ3v) is 5.68. The molecule has 0 aromatic rings. The van der Waals surface area contributed by atoms with Crippen LogP contribution in [-0.2, 0) is 0 Å². The fraction of sp³-hybridized carbons (Fsp3) is 1.00. The van der Waals surface area contributed by atoms with E-state index in [-0.39, 0.29) is 0 Å². The summed E-state index contributed by atoms with van der Waals surface area (Å²) in [6.07, 6.45) is 16.6. The lowest BCUT2D eigenvalue weighted by atomic mass is 9.59. The summed E-state index contributed by atoms with van der Waals surface area (Å²) in [6, 6.07) is 0. The van der Waals surface area contributed by atoms with Crippen LogP contribution in [0, 0.1) is 17.3 Å². The predicted octanol–water partition coefficient (Wildman–Crippen LogP) is 5.56. The van der Waals surface area contributed by atoms with Crippen molar-refractivity contribution < 1.29 is 0 Å². The normalized spacial score (nSPS) is 41.6. The minimum Gasteiger partial charge on any atom is -0.0649 e. The topological polar surface area (TPSA) is 0 Å². The third-order valence-electron chi connectivity index (χ3n) is 5.68. The van der Waals surface area contributed by atoms with E-state index in [9.17, 15) is 0 Å². The summed E-state index contributed by atoms with van der Waals surface area (Å²) in [5.41, 5.74) is 0.688. The average Bonchev–Trinajstić information content (AvgIpc) is 2.41. The zero-order valence-electron chi connectivity index (χ0n) is 11.4. The van der Waals surface area contributed by atoms with Gasteiger partial charge >= 0.3 is 0 Å². The fourth-order valence-electron chi connectivity index (χ4n) is 4.39. The van der Waals surface area contributed by atoms with E-state index in [1.165, 1.54) is 57.8 Å². The fourth-order valence-corrected chi connectivity index (χ4v) is 4.39. The summed E-state index contributed by atoms with van der Waals surface area (Å²) in [5, 5.41) is 0. The van der Waals surface area contributed by atoms with Crippen LogP contribution in [0.5, 0.6) is 0 Å². The molecular formula is C16H30. The summed E-state index contributed by atoms with van der Waals surface area (Å²) in [7, 11) is 0. The van der Waals surface area contributed by atoms with Gasteiger partial charge in [-0.3, -0.25) is 0 Å². The lowest BCUT2D eigenvalue weighted by Gasteiger charge is -2.46. The van der Waals surface area contributed by atoms with Crippen LogP contribution in [0.3, 0.4) is 0 Å². The number of hydrogen-bond acceptors (Lipinski definition) is 0. The van der Waals surface area contributed by atoms with Crippen LogP contribution in [-0.4, -0.2) is 0 Å². The van der Waals surface area contributed by atoms with Gasteiger partial charge in [0.15, 0.2) is 0 Å². The van der Waals surface area contributed by atoms with Crippen molar-refractivity contribution >= 4 is 0 Å². The zero-order chi connectivity index (χ0) is 11.4. The van der Waals surface area contributed by atoms with Gasteiger partial charge in [0.2, 0.25) is 0 Å². The Kier molecular flexibility index (Phi) is 4.33. The molecule has 0 aromatic heterocycles. The molecule has 2 fully saturated rings. The van der Waals surface area contributed by atoms with Crippen LogP contribution in [0.4, 0.5) is 0 Å². The molecule has 0 spiro atoms. The first-order chi connectivity index (χ1) is 7.76. The molecule has 3 atom stereocenters. The molecule has 0 aliphatic heterocycles. The number of hydrogen-bond donors (Lipinski definition) is 0. The SMILES string of the molecule is CCC1(C)CCCC2CCCCCCCC21. The first kappa shape index (κ1) is 12.5. The van der Waals surface area contributed by atoms with E-state index < -0.39 is 0 Å². The van der Waals surface area contributed by atoms with Gasteiger partial charge in [0.25, 0.3) is 0 Å². The summed E-state index contributed by atoms with van der Waals surface area (Å²) >= 11 is 0. The van der Waals surface area contributed by atoms with Crippen molar-refractivity contribution in [2.45, 2.75) is 84.5 Å². The van der Waals surface area contributed by atoms with E-state index in [1.807, 2.05) is 0 Å². The van der Waals surface area contributed by atoms with E-state index in [0.29, 0.717) is 5.41 Å². The Morgan fingerprint density at radius 3 is 2.25 bits per heavy atom. The first-order valence-electron chi connectivity index (χ1n) is 7.76. The highest BCUT2D eigenvalue weighted by Crippen LogP contribution is 2.50. The van der Waals surface area contributed by atoms with Gasteiger partial charge in [0.05, 0.1) is 0 Å². The van der Waals surface area contributed by atoms with Crippen LogP contribution in [0.1, 0.15) is 84.5 Å². The van der Waals surface area contributed by atoms with Gasteiger partial charge in [0.1, 0.15) is 0 Å². The number of rotatable bonds is 1. The van der Waals surface area contributed by atoms with Gasteiger partial charge in [-0.2, -0.15) is 0 Å². The Balaban J connectivity index is 2.08. The summed E-state index contributed by atoms with van der Waals surface area (Å²) in [4.78, 5) is 0. The van der Waals surface area contributed by atoms with Crippen molar-refractivity contribution in [1.82, 2.24) is 0 Å². The molecule has 0 bridgehead atoms. The molecular weight excluding hydrogens is 192 g/mol. The van der Waals surface area contributed by atoms with Crippen LogP contribution in [0.25, 0.3) is 0 Å². The van der Waals surface area contributed by atoms with Crippen LogP contribution in [0.2, 0.25) is 0 Å². The van der Waals surface area contributed by atoms with Crippen molar-refractivity contribution in [3.63, 3.8) is 0 Å². The molecule has 0 heterocycles. The van der Waals surface area contributed by atoms with Gasteiger partial charge in [-0.25, -0.2) is 0 Å². The van der Waals surface area contributed by atoms with Crippen LogP contribution in [0.15, 0.2) is 0 Å². The molecule has 2 saturated carbocycles. The van der Waals surface area contributed by atoms with Gasteiger partial charge in [0, 0.05) is 0 Å². The van der Waals surface area contributed by atoms with Gasteiger partial charge in [-0.15, -0.1) is 0 Å². The molecule has 16 heavy (non-hydrogen) atoms. The smallest absolute Gasteiger partial charge is 0.0298 e. The molecule has 0 N–H and O–H groups in total. The van der Waals surface area contributed by atoms with E-state index >= 15 is 0 Å². The van der Waals surface area contributed by atoms with Crippen LogP contribution < -0.4 is 0 Å². The van der Waals surface area contributed by atoms with E-state index in [2.05, 4.69) is 13.8 Å². The Labute approximate surface area is 102 Å². The molecule has 94 valence electrons. The van der Waals surface area contributed by atoms with E-state index in [0.717, 1.165) is 11.8 Å². The maximum atomic E-state index is 2.59. The third kappa shape index (κ3) is 2.63. The molecule has 0 saturated heterocycles. The number of fused-ring (bicyclic) bond motifs is 1. The van der Waals surface area contributed by atoms with Gasteiger partial charge in [-0.05, 0) is 30.1 Å². The Morgan fingerprint density at radius 1 is 0.875 bits per heavy atom. The lowest BCUT2D eigenvalue weighted by Crippen LogP contribution is -2.36.